The van der Waals surface area contributed by atoms with Crippen LogP contribution in [0.5, 0.6) is 0 Å². The van der Waals surface area contributed by atoms with E-state index in [1.54, 1.807) is 0 Å². The maximum atomic E-state index is 9.14. The second-order valence-corrected chi connectivity index (χ2v) is 2.27. The van der Waals surface area contributed by atoms with Crippen LogP contribution in [0.4, 0.5) is 0 Å². The molecular formula is C4H6O5SZn. The Morgan fingerprint density at radius 3 is 1.73 bits per heavy atom. The van der Waals surface area contributed by atoms with Gasteiger partial charge < -0.3 is 14.5 Å². The monoisotopic (exact) mass is 230 g/mol. The number of carboxylic acid groups (broad SMARTS) is 1. The third kappa shape index (κ3) is 192. The minimum absolute atomic E-state index is 0. The van der Waals surface area contributed by atoms with Crippen molar-refractivity contribution in [2.24, 2.45) is 0 Å². The summed E-state index contributed by atoms with van der Waals surface area (Å²) in [5, 5.41) is 9.14. The largest absolute Gasteiger partial charge is 2.00 e. The average Bonchev–Trinajstić information content (AvgIpc) is 1.61. The summed E-state index contributed by atoms with van der Waals surface area (Å²) in [4.78, 5) is 9.14. The normalized spacial score (nSPS) is 8.18. The summed E-state index contributed by atoms with van der Waals surface area (Å²) in [5.41, 5.74) is 0. The van der Waals surface area contributed by atoms with E-state index in [0.29, 0.717) is 0 Å². The smallest absolute Gasteiger partial charge is 0.545 e. The molecule has 0 rings (SSSR count). The SMILES string of the molecule is C=CC(=O)[O-].[CH2-]S(=O)(=O)O.[Zn+2]. The molecule has 0 saturated carbocycles. The molecule has 60 valence electrons. The minimum Gasteiger partial charge on any atom is -0.545 e. The first-order valence-corrected chi connectivity index (χ1v) is 3.52. The second-order valence-electron chi connectivity index (χ2n) is 1.11. The molecule has 0 spiro atoms. The van der Waals surface area contributed by atoms with Crippen molar-refractivity contribution in [2.75, 3.05) is 0 Å². The van der Waals surface area contributed by atoms with Crippen molar-refractivity contribution in [3.8, 4) is 0 Å². The van der Waals surface area contributed by atoms with Crippen LogP contribution in [0, 0.1) is 6.26 Å². The summed E-state index contributed by atoms with van der Waals surface area (Å²) in [7, 11) is -3.92. The number of hydrogen-bond donors (Lipinski definition) is 1. The zero-order valence-corrected chi connectivity index (χ0v) is 9.47. The van der Waals surface area contributed by atoms with E-state index in [1.165, 1.54) is 0 Å². The predicted octanol–water partition coefficient (Wildman–Crippen LogP) is -1.41. The van der Waals surface area contributed by atoms with Crippen LogP contribution in [0.1, 0.15) is 0 Å². The molecule has 0 unspecified atom stereocenters. The summed E-state index contributed by atoms with van der Waals surface area (Å²) >= 11 is 0. The molecule has 0 radical (unpaired) electrons. The van der Waals surface area contributed by atoms with E-state index < -0.39 is 16.1 Å². The molecule has 5 nitrogen and oxygen atoms in total. The van der Waals surface area contributed by atoms with Gasteiger partial charge in [0, 0.05) is 0 Å². The average molecular weight is 232 g/mol. The zero-order valence-electron chi connectivity index (χ0n) is 5.69. The molecule has 1 N–H and O–H groups in total. The van der Waals surface area contributed by atoms with Crippen LogP contribution in [0.3, 0.4) is 0 Å². The van der Waals surface area contributed by atoms with Gasteiger partial charge in [0.25, 0.3) is 0 Å². The second kappa shape index (κ2) is 7.85. The maximum absolute atomic E-state index is 9.14. The molecular weight excluding hydrogens is 225 g/mol. The molecule has 0 bridgehead atoms. The van der Waals surface area contributed by atoms with E-state index in [1.807, 2.05) is 0 Å². The van der Waals surface area contributed by atoms with Gasteiger partial charge in [0.2, 0.25) is 0 Å². The van der Waals surface area contributed by atoms with Gasteiger partial charge in [0.1, 0.15) is 10.1 Å². The van der Waals surface area contributed by atoms with Crippen LogP contribution >= 0.6 is 0 Å². The van der Waals surface area contributed by atoms with Gasteiger partial charge in [-0.2, -0.15) is 6.26 Å². The molecule has 0 aromatic rings. The predicted molar refractivity (Wildman–Crippen MR) is 32.1 cm³/mol. The van der Waals surface area contributed by atoms with Crippen molar-refractivity contribution in [3.63, 3.8) is 0 Å². The molecule has 0 aromatic heterocycles. The minimum atomic E-state index is -3.92. The molecule has 0 heterocycles. The van der Waals surface area contributed by atoms with Gasteiger partial charge in [-0.3, -0.25) is 0 Å². The fourth-order valence-corrected chi connectivity index (χ4v) is 0. The number of carbonyl (C=O) groups is 1. The molecule has 0 amide bonds. The first kappa shape index (κ1) is 17.0. The van der Waals surface area contributed by atoms with Crippen LogP contribution in [0.15, 0.2) is 12.7 Å². The van der Waals surface area contributed by atoms with Gasteiger partial charge in [-0.15, -0.1) is 0 Å². The number of aliphatic carboxylic acids is 1. The van der Waals surface area contributed by atoms with Crippen molar-refractivity contribution >= 4 is 16.1 Å². The van der Waals surface area contributed by atoms with E-state index >= 15 is 0 Å². The zero-order chi connectivity index (χ0) is 8.78. The van der Waals surface area contributed by atoms with E-state index in [-0.39, 0.29) is 19.5 Å². The van der Waals surface area contributed by atoms with Gasteiger partial charge in [-0.25, -0.2) is 8.42 Å². The van der Waals surface area contributed by atoms with Crippen molar-refractivity contribution in [1.29, 1.82) is 0 Å². The van der Waals surface area contributed by atoms with Crippen molar-refractivity contribution < 1.29 is 42.3 Å². The first-order chi connectivity index (χ1) is 4.27. The molecule has 0 saturated heterocycles. The van der Waals surface area contributed by atoms with Crippen LogP contribution in [0.2, 0.25) is 0 Å². The summed E-state index contributed by atoms with van der Waals surface area (Å²) in [6.45, 7) is 2.90. The van der Waals surface area contributed by atoms with E-state index in [2.05, 4.69) is 12.8 Å². The maximum Gasteiger partial charge on any atom is 2.00 e. The van der Waals surface area contributed by atoms with E-state index in [4.69, 9.17) is 22.9 Å². The van der Waals surface area contributed by atoms with E-state index in [0.717, 1.165) is 6.08 Å². The molecule has 0 fully saturated rings. The van der Waals surface area contributed by atoms with E-state index in [9.17, 15) is 0 Å². The standard InChI is InChI=1S/C3H4O2.CH3O3S.Zn/c1-2-3(4)5;1-5(2,3)4;/h2H,1H2,(H,4,5);1H2,(H,2,3,4);/q;-1;+2/p-1. The third-order valence-electron chi connectivity index (χ3n) is 0.167. The van der Waals surface area contributed by atoms with Crippen LogP contribution in [-0.2, 0) is 34.4 Å². The number of carbonyl (C=O) groups excluding carboxylic acids is 1. The quantitative estimate of drug-likeness (QED) is 0.259. The van der Waals surface area contributed by atoms with Gasteiger partial charge in [-0.1, -0.05) is 6.58 Å². The summed E-state index contributed by atoms with van der Waals surface area (Å²) in [6, 6.07) is 0. The fraction of sp³-hybridized carbons (Fsp3) is 0. The molecule has 7 heteroatoms. The first-order valence-electron chi connectivity index (χ1n) is 1.91. The van der Waals surface area contributed by atoms with Crippen LogP contribution < -0.4 is 5.11 Å². The van der Waals surface area contributed by atoms with Gasteiger partial charge >= 0.3 is 19.5 Å². The van der Waals surface area contributed by atoms with Crippen molar-refractivity contribution in [2.45, 2.75) is 0 Å². The summed E-state index contributed by atoms with van der Waals surface area (Å²) in [5.74, 6) is -1.23. The number of hydrogen-bond acceptors (Lipinski definition) is 4. The Labute approximate surface area is 77.6 Å². The van der Waals surface area contributed by atoms with Gasteiger partial charge in [-0.05, 0) is 6.08 Å². The van der Waals surface area contributed by atoms with Crippen LogP contribution in [0.25, 0.3) is 0 Å². The molecule has 0 aliphatic heterocycles. The third-order valence-corrected chi connectivity index (χ3v) is 0.167. The molecule has 0 aliphatic carbocycles. The Kier molecular flexibility index (Phi) is 12.1. The Balaban J connectivity index is -0.000000107. The fourth-order valence-electron chi connectivity index (χ4n) is 0. The van der Waals surface area contributed by atoms with Gasteiger partial charge in [0.15, 0.2) is 0 Å². The van der Waals surface area contributed by atoms with Crippen molar-refractivity contribution in [1.82, 2.24) is 0 Å². The Morgan fingerprint density at radius 2 is 1.73 bits per heavy atom. The number of rotatable bonds is 1. The molecule has 0 aliphatic rings. The summed E-state index contributed by atoms with van der Waals surface area (Å²) in [6.07, 6.45) is 3.02. The Morgan fingerprint density at radius 1 is 1.64 bits per heavy atom. The van der Waals surface area contributed by atoms with Crippen LogP contribution in [-0.4, -0.2) is 18.9 Å². The molecule has 0 atom stereocenters. The Hall–Kier alpha value is -0.257. The molecule has 11 heavy (non-hydrogen) atoms. The van der Waals surface area contributed by atoms with Crippen molar-refractivity contribution in [3.05, 3.63) is 18.9 Å². The van der Waals surface area contributed by atoms with Gasteiger partial charge in [0.05, 0.1) is 5.97 Å². The summed E-state index contributed by atoms with van der Waals surface area (Å²) < 4.78 is 25.5. The molecule has 0 aromatic carbocycles. The number of carboxylic acids is 1. The topological polar surface area (TPSA) is 94.5 Å². The Bertz CT molecular complexity index is 199.